The van der Waals surface area contributed by atoms with E-state index in [2.05, 4.69) is 10.6 Å². The van der Waals surface area contributed by atoms with Gasteiger partial charge in [0, 0.05) is 25.4 Å². The normalized spacial score (nSPS) is 20.4. The SMILES string of the molecule is C[C@H](NC(=O)CN1CCOCC1)C(=O)CC(Cc1ccc(OC(C)(C)C)cc1)C(=O)N[C@@H](Cc1ccccc1)C(=O)C1(C)CO1. The van der Waals surface area contributed by atoms with Crippen LogP contribution in [-0.2, 0) is 41.5 Å². The first-order chi connectivity index (χ1) is 21.3. The number of carbonyl (C=O) groups is 4. The number of epoxide rings is 1. The molecule has 2 aromatic carbocycles. The average molecular weight is 622 g/mol. The Morgan fingerprint density at radius 2 is 1.56 bits per heavy atom. The van der Waals surface area contributed by atoms with Crippen LogP contribution in [-0.4, -0.2) is 91.0 Å². The number of Topliss-reactive ketones (excluding diaryl/α,β-unsaturated/α-hetero) is 2. The van der Waals surface area contributed by atoms with Gasteiger partial charge in [0.2, 0.25) is 11.8 Å². The zero-order valence-electron chi connectivity index (χ0n) is 27.1. The number of ether oxygens (including phenoxy) is 3. The molecule has 244 valence electrons. The van der Waals surface area contributed by atoms with Crippen molar-refractivity contribution in [2.45, 2.75) is 77.2 Å². The van der Waals surface area contributed by atoms with Crippen molar-refractivity contribution < 1.29 is 33.4 Å². The Hall–Kier alpha value is -3.60. The minimum atomic E-state index is -0.930. The first kappa shape index (κ1) is 34.3. The summed E-state index contributed by atoms with van der Waals surface area (Å²) in [6.45, 7) is 12.2. The smallest absolute Gasteiger partial charge is 0.234 e. The second-order valence-corrected chi connectivity index (χ2v) is 13.2. The second kappa shape index (κ2) is 15.1. The van der Waals surface area contributed by atoms with Crippen LogP contribution in [0.3, 0.4) is 0 Å². The van der Waals surface area contributed by atoms with Crippen molar-refractivity contribution in [3.05, 3.63) is 65.7 Å². The second-order valence-electron chi connectivity index (χ2n) is 13.2. The quantitative estimate of drug-likeness (QED) is 0.291. The predicted octanol–water partition coefficient (Wildman–Crippen LogP) is 2.90. The van der Waals surface area contributed by atoms with Gasteiger partial charge in [0.1, 0.15) is 17.0 Å². The molecule has 0 aromatic heterocycles. The van der Waals surface area contributed by atoms with Crippen molar-refractivity contribution in [3.63, 3.8) is 0 Å². The van der Waals surface area contributed by atoms with Gasteiger partial charge in [-0.3, -0.25) is 24.1 Å². The number of amides is 2. The van der Waals surface area contributed by atoms with Gasteiger partial charge in [-0.05, 0) is 70.7 Å². The summed E-state index contributed by atoms with van der Waals surface area (Å²) in [5.74, 6) is -1.18. The summed E-state index contributed by atoms with van der Waals surface area (Å²) in [6, 6.07) is 15.3. The van der Waals surface area contributed by atoms with Crippen LogP contribution < -0.4 is 15.4 Å². The third kappa shape index (κ3) is 10.8. The number of hydrogen-bond donors (Lipinski definition) is 2. The number of hydrogen-bond acceptors (Lipinski definition) is 8. The average Bonchev–Trinajstić information content (AvgIpc) is 3.75. The number of ketones is 2. The Bertz CT molecular complexity index is 1310. The van der Waals surface area contributed by atoms with Crippen LogP contribution in [0.15, 0.2) is 54.6 Å². The fraction of sp³-hybridized carbons (Fsp3) is 0.543. The lowest BCUT2D eigenvalue weighted by molar-refractivity contribution is -0.134. The van der Waals surface area contributed by atoms with E-state index in [0.717, 1.165) is 11.1 Å². The highest BCUT2D eigenvalue weighted by atomic mass is 16.6. The molecule has 10 nitrogen and oxygen atoms in total. The molecule has 2 amide bonds. The van der Waals surface area contributed by atoms with E-state index in [0.29, 0.717) is 45.1 Å². The molecule has 4 atom stereocenters. The highest BCUT2D eigenvalue weighted by Crippen LogP contribution is 2.29. The molecular formula is C35H47N3O7. The molecule has 2 fully saturated rings. The van der Waals surface area contributed by atoms with Crippen molar-refractivity contribution >= 4 is 23.4 Å². The number of benzene rings is 2. The lowest BCUT2D eigenvalue weighted by Crippen LogP contribution is -2.50. The predicted molar refractivity (Wildman–Crippen MR) is 170 cm³/mol. The molecule has 2 heterocycles. The number of nitrogens with one attached hydrogen (secondary N) is 2. The summed E-state index contributed by atoms with van der Waals surface area (Å²) >= 11 is 0. The van der Waals surface area contributed by atoms with Gasteiger partial charge in [0.25, 0.3) is 0 Å². The topological polar surface area (TPSA) is 127 Å². The first-order valence-electron chi connectivity index (χ1n) is 15.7. The van der Waals surface area contributed by atoms with Crippen LogP contribution in [0.2, 0.25) is 0 Å². The lowest BCUT2D eigenvalue weighted by atomic mass is 9.89. The summed E-state index contributed by atoms with van der Waals surface area (Å²) in [6.07, 6.45) is 0.463. The van der Waals surface area contributed by atoms with Crippen LogP contribution in [0.4, 0.5) is 0 Å². The molecule has 2 saturated heterocycles. The molecule has 2 aliphatic heterocycles. The van der Waals surface area contributed by atoms with E-state index < -0.39 is 29.5 Å². The minimum absolute atomic E-state index is 0.106. The van der Waals surface area contributed by atoms with Crippen LogP contribution in [0.1, 0.15) is 52.2 Å². The molecule has 2 N–H and O–H groups in total. The number of carbonyl (C=O) groups excluding carboxylic acids is 4. The Labute approximate surface area is 266 Å². The standard InChI is InChI=1S/C35H47N3O7/c1-24(36-31(40)22-38-15-17-43-18-16-38)30(39)21-27(19-26-11-13-28(14-12-26)45-34(2,3)4)33(42)37-29(32(41)35(5)23-44-35)20-25-9-7-6-8-10-25/h6-14,24,27,29H,15-23H2,1-5H3,(H,36,40)(H,37,42)/t24-,27?,29-,35?/m0/s1. The Morgan fingerprint density at radius 1 is 0.933 bits per heavy atom. The molecule has 10 heteroatoms. The Kier molecular flexibility index (Phi) is 11.5. The van der Waals surface area contributed by atoms with E-state index in [1.807, 2.05) is 80.3 Å². The highest BCUT2D eigenvalue weighted by Gasteiger charge is 2.50. The zero-order chi connectivity index (χ0) is 32.6. The summed E-state index contributed by atoms with van der Waals surface area (Å²) in [5.41, 5.74) is 0.455. The van der Waals surface area contributed by atoms with Gasteiger partial charge in [-0.15, -0.1) is 0 Å². The fourth-order valence-electron chi connectivity index (χ4n) is 5.31. The van der Waals surface area contributed by atoms with Crippen LogP contribution in [0.25, 0.3) is 0 Å². The summed E-state index contributed by atoms with van der Waals surface area (Å²) in [5, 5.41) is 5.76. The molecule has 2 unspecified atom stereocenters. The summed E-state index contributed by atoms with van der Waals surface area (Å²) < 4.78 is 16.7. The minimum Gasteiger partial charge on any atom is -0.488 e. The lowest BCUT2D eigenvalue weighted by Gasteiger charge is -2.27. The molecule has 0 aliphatic carbocycles. The van der Waals surface area contributed by atoms with Gasteiger partial charge in [-0.25, -0.2) is 0 Å². The zero-order valence-corrected chi connectivity index (χ0v) is 27.1. The van der Waals surface area contributed by atoms with Crippen LogP contribution >= 0.6 is 0 Å². The van der Waals surface area contributed by atoms with E-state index in [1.54, 1.807) is 13.8 Å². The van der Waals surface area contributed by atoms with Gasteiger partial charge in [0.15, 0.2) is 11.6 Å². The molecule has 2 aliphatic rings. The molecule has 4 rings (SSSR count). The monoisotopic (exact) mass is 621 g/mol. The maximum Gasteiger partial charge on any atom is 0.234 e. The molecule has 0 radical (unpaired) electrons. The largest absolute Gasteiger partial charge is 0.488 e. The van der Waals surface area contributed by atoms with E-state index in [4.69, 9.17) is 14.2 Å². The van der Waals surface area contributed by atoms with E-state index in [-0.39, 0.29) is 42.5 Å². The van der Waals surface area contributed by atoms with Crippen LogP contribution in [0.5, 0.6) is 5.75 Å². The number of morpholine rings is 1. The molecule has 0 bridgehead atoms. The van der Waals surface area contributed by atoms with Gasteiger partial charge in [0.05, 0.1) is 38.4 Å². The molecule has 0 saturated carbocycles. The van der Waals surface area contributed by atoms with E-state index in [1.165, 1.54) is 0 Å². The van der Waals surface area contributed by atoms with Crippen molar-refractivity contribution in [2.75, 3.05) is 39.5 Å². The molecule has 0 spiro atoms. The third-order valence-corrected chi connectivity index (χ3v) is 7.99. The molecule has 2 aromatic rings. The van der Waals surface area contributed by atoms with Crippen molar-refractivity contribution in [2.24, 2.45) is 5.92 Å². The first-order valence-corrected chi connectivity index (χ1v) is 15.7. The fourth-order valence-corrected chi connectivity index (χ4v) is 5.31. The molecular weight excluding hydrogens is 574 g/mol. The van der Waals surface area contributed by atoms with Gasteiger partial charge in [-0.2, -0.15) is 0 Å². The van der Waals surface area contributed by atoms with E-state index >= 15 is 0 Å². The van der Waals surface area contributed by atoms with Gasteiger partial charge < -0.3 is 24.8 Å². The highest BCUT2D eigenvalue weighted by molar-refractivity contribution is 5.98. The maximum atomic E-state index is 13.9. The van der Waals surface area contributed by atoms with Crippen molar-refractivity contribution in [1.82, 2.24) is 15.5 Å². The summed E-state index contributed by atoms with van der Waals surface area (Å²) in [4.78, 5) is 55.4. The summed E-state index contributed by atoms with van der Waals surface area (Å²) in [7, 11) is 0. The number of nitrogens with zero attached hydrogens (tertiary/aromatic N) is 1. The number of rotatable bonds is 15. The van der Waals surface area contributed by atoms with Crippen molar-refractivity contribution in [1.29, 1.82) is 0 Å². The third-order valence-electron chi connectivity index (χ3n) is 7.99. The van der Waals surface area contributed by atoms with Gasteiger partial charge >= 0.3 is 0 Å². The maximum absolute atomic E-state index is 13.9. The molecule has 45 heavy (non-hydrogen) atoms. The van der Waals surface area contributed by atoms with Gasteiger partial charge in [-0.1, -0.05) is 42.5 Å². The van der Waals surface area contributed by atoms with Crippen molar-refractivity contribution in [3.8, 4) is 5.75 Å². The van der Waals surface area contributed by atoms with Crippen LogP contribution in [0, 0.1) is 5.92 Å². The van der Waals surface area contributed by atoms with E-state index in [9.17, 15) is 19.2 Å². The Balaban J connectivity index is 1.48. The Morgan fingerprint density at radius 3 is 2.16 bits per heavy atom.